The van der Waals surface area contributed by atoms with Gasteiger partial charge in [-0.3, -0.25) is 0 Å². The topological polar surface area (TPSA) is 40.2 Å². The monoisotopic (exact) mass is 206 g/mol. The fraction of sp³-hybridized carbons (Fsp3) is 1.00. The molecule has 0 amide bonds. The molecule has 5 heteroatoms. The van der Waals surface area contributed by atoms with Crippen LogP contribution in [0.3, 0.4) is 0 Å². The summed E-state index contributed by atoms with van der Waals surface area (Å²) in [6.07, 6.45) is 0.345. The van der Waals surface area contributed by atoms with Gasteiger partial charge in [0.05, 0.1) is 13.2 Å². The Labute approximate surface area is 80.4 Å². The van der Waals surface area contributed by atoms with Gasteiger partial charge in [0, 0.05) is 26.9 Å². The van der Waals surface area contributed by atoms with Gasteiger partial charge in [-0.1, -0.05) is 0 Å². The van der Waals surface area contributed by atoms with Gasteiger partial charge in [0.1, 0.15) is 6.10 Å². The zero-order chi connectivity index (χ0) is 9.73. The van der Waals surface area contributed by atoms with Crippen molar-refractivity contribution in [3.8, 4) is 0 Å². The second-order valence-corrected chi connectivity index (χ2v) is 6.91. The van der Waals surface area contributed by atoms with Crippen molar-refractivity contribution in [1.82, 2.24) is 0 Å². The number of ether oxygens (including phenoxy) is 2. The highest BCUT2D eigenvalue weighted by Crippen LogP contribution is 2.13. The quantitative estimate of drug-likeness (QED) is 0.350. The molecule has 0 aromatic carbocycles. The highest BCUT2D eigenvalue weighted by atomic mass is 28.4. The molecule has 1 atom stereocenters. The maximum atomic E-state index is 5.41. The summed E-state index contributed by atoms with van der Waals surface area (Å²) in [5.41, 5.74) is 0. The van der Waals surface area contributed by atoms with Crippen molar-refractivity contribution in [3.63, 3.8) is 0 Å². The molecule has 1 saturated heterocycles. The highest BCUT2D eigenvalue weighted by molar-refractivity contribution is 6.65. The normalized spacial score (nSPS) is 21.9. The van der Waals surface area contributed by atoms with E-state index in [-0.39, 0.29) is 0 Å². The average Bonchev–Trinajstić information content (AvgIpc) is 2.96. The van der Waals surface area contributed by atoms with Crippen LogP contribution in [-0.2, 0) is 18.3 Å². The molecule has 1 aliphatic rings. The lowest BCUT2D eigenvalue weighted by atomic mass is 10.5. The SMILES string of the molecule is CO[Si](C)(CCOCC1CO1)OC. The van der Waals surface area contributed by atoms with E-state index in [0.29, 0.717) is 19.3 Å². The van der Waals surface area contributed by atoms with Crippen molar-refractivity contribution >= 4 is 8.56 Å². The Hall–Kier alpha value is 0.0569. The minimum Gasteiger partial charge on any atom is -0.398 e. The van der Waals surface area contributed by atoms with Crippen LogP contribution in [0.5, 0.6) is 0 Å². The van der Waals surface area contributed by atoms with Gasteiger partial charge >= 0.3 is 8.56 Å². The summed E-state index contributed by atoms with van der Waals surface area (Å²) in [5.74, 6) is 0. The lowest BCUT2D eigenvalue weighted by Crippen LogP contribution is -2.37. The van der Waals surface area contributed by atoms with Crippen LogP contribution in [0.15, 0.2) is 0 Å². The van der Waals surface area contributed by atoms with Gasteiger partial charge in [-0.2, -0.15) is 0 Å². The molecule has 1 rings (SSSR count). The Bertz CT molecular complexity index is 145. The van der Waals surface area contributed by atoms with Crippen molar-refractivity contribution in [1.29, 1.82) is 0 Å². The van der Waals surface area contributed by atoms with Crippen molar-refractivity contribution in [3.05, 3.63) is 0 Å². The minimum atomic E-state index is -1.91. The van der Waals surface area contributed by atoms with Crippen LogP contribution >= 0.6 is 0 Å². The largest absolute Gasteiger partial charge is 0.398 e. The second-order valence-electron chi connectivity index (χ2n) is 3.32. The molecule has 0 saturated carbocycles. The molecule has 0 aromatic rings. The molecule has 4 nitrogen and oxygen atoms in total. The number of epoxide rings is 1. The van der Waals surface area contributed by atoms with Gasteiger partial charge in [0.25, 0.3) is 0 Å². The lowest BCUT2D eigenvalue weighted by Gasteiger charge is -2.22. The zero-order valence-corrected chi connectivity index (χ0v) is 9.54. The predicted octanol–water partition coefficient (Wildman–Crippen LogP) is 0.767. The molecule has 1 unspecified atom stereocenters. The molecule has 1 fully saturated rings. The smallest absolute Gasteiger partial charge is 0.336 e. The van der Waals surface area contributed by atoms with Gasteiger partial charge in [0.15, 0.2) is 0 Å². The predicted molar refractivity (Wildman–Crippen MR) is 51.0 cm³/mol. The fourth-order valence-electron chi connectivity index (χ4n) is 0.924. The molecule has 1 heterocycles. The van der Waals surface area contributed by atoms with E-state index < -0.39 is 8.56 Å². The third-order valence-electron chi connectivity index (χ3n) is 2.27. The Kier molecular flexibility index (Phi) is 4.34. The zero-order valence-electron chi connectivity index (χ0n) is 8.54. The van der Waals surface area contributed by atoms with Crippen LogP contribution in [0.4, 0.5) is 0 Å². The molecule has 78 valence electrons. The van der Waals surface area contributed by atoms with E-state index in [2.05, 4.69) is 0 Å². The molecule has 0 spiro atoms. The van der Waals surface area contributed by atoms with Crippen molar-refractivity contribution in [2.45, 2.75) is 18.7 Å². The summed E-state index contributed by atoms with van der Waals surface area (Å²) >= 11 is 0. The van der Waals surface area contributed by atoms with E-state index in [1.807, 2.05) is 6.55 Å². The lowest BCUT2D eigenvalue weighted by molar-refractivity contribution is 0.119. The van der Waals surface area contributed by atoms with Gasteiger partial charge in [-0.05, 0) is 6.55 Å². The molecule has 1 aliphatic heterocycles. The minimum absolute atomic E-state index is 0.345. The van der Waals surface area contributed by atoms with Gasteiger partial charge in [0.2, 0.25) is 0 Å². The van der Waals surface area contributed by atoms with Crippen LogP contribution in [0.25, 0.3) is 0 Å². The molecular weight excluding hydrogens is 188 g/mol. The van der Waals surface area contributed by atoms with Crippen LogP contribution in [0.1, 0.15) is 0 Å². The van der Waals surface area contributed by atoms with Crippen LogP contribution in [-0.4, -0.2) is 48.7 Å². The van der Waals surface area contributed by atoms with Crippen LogP contribution in [0, 0.1) is 0 Å². The first-order chi connectivity index (χ1) is 6.20. The van der Waals surface area contributed by atoms with E-state index in [1.54, 1.807) is 14.2 Å². The summed E-state index contributed by atoms with van der Waals surface area (Å²) in [6.45, 7) is 4.29. The summed E-state index contributed by atoms with van der Waals surface area (Å²) in [5, 5.41) is 0. The summed E-state index contributed by atoms with van der Waals surface area (Å²) in [4.78, 5) is 0. The summed E-state index contributed by atoms with van der Waals surface area (Å²) in [6, 6.07) is 0.868. The Morgan fingerprint density at radius 1 is 1.38 bits per heavy atom. The van der Waals surface area contributed by atoms with Gasteiger partial charge in [-0.25, -0.2) is 0 Å². The van der Waals surface area contributed by atoms with E-state index in [9.17, 15) is 0 Å². The number of rotatable bonds is 7. The van der Waals surface area contributed by atoms with E-state index in [4.69, 9.17) is 18.3 Å². The molecule has 0 radical (unpaired) electrons. The Morgan fingerprint density at radius 2 is 2.00 bits per heavy atom. The van der Waals surface area contributed by atoms with Crippen LogP contribution < -0.4 is 0 Å². The Balaban J connectivity index is 2.01. The van der Waals surface area contributed by atoms with Gasteiger partial charge in [-0.15, -0.1) is 0 Å². The molecular formula is C8H18O4Si. The van der Waals surface area contributed by atoms with Crippen LogP contribution in [0.2, 0.25) is 12.6 Å². The van der Waals surface area contributed by atoms with Crippen molar-refractivity contribution in [2.75, 3.05) is 34.0 Å². The molecule has 13 heavy (non-hydrogen) atoms. The van der Waals surface area contributed by atoms with E-state index in [0.717, 1.165) is 12.7 Å². The highest BCUT2D eigenvalue weighted by Gasteiger charge is 2.29. The maximum Gasteiger partial charge on any atom is 0.336 e. The average molecular weight is 206 g/mol. The third kappa shape index (κ3) is 4.19. The third-order valence-corrected chi connectivity index (χ3v) is 5.11. The Morgan fingerprint density at radius 3 is 2.46 bits per heavy atom. The summed E-state index contributed by atoms with van der Waals surface area (Å²) in [7, 11) is 1.47. The standard InChI is InChI=1S/C8H18O4Si/c1-9-13(3,10-2)5-4-11-6-8-7-12-8/h8H,4-7H2,1-3H3. The fourth-order valence-corrected chi connectivity index (χ4v) is 2.01. The molecule has 0 aromatic heterocycles. The maximum absolute atomic E-state index is 5.41. The first-order valence-electron chi connectivity index (χ1n) is 4.50. The van der Waals surface area contributed by atoms with Crippen molar-refractivity contribution < 1.29 is 18.3 Å². The van der Waals surface area contributed by atoms with Crippen molar-refractivity contribution in [2.24, 2.45) is 0 Å². The first kappa shape index (κ1) is 11.1. The van der Waals surface area contributed by atoms with Gasteiger partial charge < -0.3 is 18.3 Å². The second kappa shape index (κ2) is 5.07. The summed E-state index contributed by atoms with van der Waals surface area (Å²) < 4.78 is 21.1. The number of hydrogen-bond acceptors (Lipinski definition) is 4. The molecule has 0 aliphatic carbocycles. The van der Waals surface area contributed by atoms with E-state index in [1.165, 1.54) is 0 Å². The molecule has 0 bridgehead atoms. The number of hydrogen-bond donors (Lipinski definition) is 0. The first-order valence-corrected chi connectivity index (χ1v) is 7.02. The van der Waals surface area contributed by atoms with E-state index >= 15 is 0 Å². The molecule has 0 N–H and O–H groups in total.